The van der Waals surface area contributed by atoms with Crippen LogP contribution >= 0.6 is 0 Å². The van der Waals surface area contributed by atoms with E-state index < -0.39 is 61.5 Å². The Morgan fingerprint density at radius 2 is 1.11 bits per heavy atom. The second-order valence-corrected chi connectivity index (χ2v) is 13.2. The van der Waals surface area contributed by atoms with Crippen molar-refractivity contribution in [2.24, 2.45) is 0 Å². The minimum Gasteiger partial charge on any atom is -0.394 e. The summed E-state index contributed by atoms with van der Waals surface area (Å²) in [6, 6.07) is -0.884. The molecule has 1 heterocycles. The number of amides is 1. The summed E-state index contributed by atoms with van der Waals surface area (Å²) in [6.07, 6.45) is 14.5. The van der Waals surface area contributed by atoms with Crippen molar-refractivity contribution in [3.05, 3.63) is 0 Å². The Bertz CT molecular complexity index is 698. The van der Waals surface area contributed by atoms with Gasteiger partial charge in [0, 0.05) is 0 Å². The predicted molar refractivity (Wildman–Crippen MR) is 177 cm³/mol. The molecular weight excluding hydrogens is 578 g/mol. The van der Waals surface area contributed by atoms with E-state index in [0.717, 1.165) is 51.4 Å². The van der Waals surface area contributed by atoms with E-state index in [9.17, 15) is 35.4 Å². The molecule has 0 aromatic rings. The number of aliphatic hydroxyl groups is 6. The number of hydrogen-bond acceptors (Lipinski definition) is 9. The highest BCUT2D eigenvalue weighted by Gasteiger charge is 2.44. The molecule has 1 rings (SSSR count). The maximum atomic E-state index is 12.9. The molecule has 10 heteroatoms. The summed E-state index contributed by atoms with van der Waals surface area (Å²) >= 11 is 0. The van der Waals surface area contributed by atoms with E-state index in [4.69, 9.17) is 9.47 Å². The van der Waals surface area contributed by atoms with Crippen LogP contribution in [-0.4, -0.2) is 98.7 Å². The molecule has 1 saturated heterocycles. The van der Waals surface area contributed by atoms with Gasteiger partial charge in [-0.05, 0) is 12.8 Å². The van der Waals surface area contributed by atoms with Gasteiger partial charge in [-0.15, -0.1) is 0 Å². The van der Waals surface area contributed by atoms with Crippen LogP contribution in [-0.2, 0) is 14.3 Å². The molecule has 0 aliphatic carbocycles. The number of hydrogen-bond donors (Lipinski definition) is 7. The second-order valence-electron chi connectivity index (χ2n) is 13.2. The first-order chi connectivity index (χ1) is 21.8. The Kier molecular flexibility index (Phi) is 25.4. The third-order valence-corrected chi connectivity index (χ3v) is 9.07. The molecule has 45 heavy (non-hydrogen) atoms. The van der Waals surface area contributed by atoms with Gasteiger partial charge in [0.25, 0.3) is 0 Å². The van der Waals surface area contributed by atoms with Gasteiger partial charge in [-0.3, -0.25) is 4.79 Å². The zero-order chi connectivity index (χ0) is 33.3. The predicted octanol–water partition coefficient (Wildman–Crippen LogP) is 4.63. The molecule has 1 aliphatic rings. The fraction of sp³-hybridized carbons (Fsp3) is 0.971. The Morgan fingerprint density at radius 3 is 1.58 bits per heavy atom. The summed E-state index contributed by atoms with van der Waals surface area (Å²) in [5, 5.41) is 64.2. The molecule has 0 aromatic heterocycles. The van der Waals surface area contributed by atoms with E-state index in [2.05, 4.69) is 19.2 Å². The van der Waals surface area contributed by atoms with Gasteiger partial charge < -0.3 is 45.4 Å². The first-order valence-electron chi connectivity index (χ1n) is 18.3. The molecule has 0 bridgehead atoms. The highest BCUT2D eigenvalue weighted by atomic mass is 16.7. The quantitative estimate of drug-likeness (QED) is 0.0572. The molecule has 0 saturated carbocycles. The molecule has 1 amide bonds. The molecule has 0 aromatic carbocycles. The highest BCUT2D eigenvalue weighted by Crippen LogP contribution is 2.23. The van der Waals surface area contributed by atoms with Gasteiger partial charge in [-0.1, -0.05) is 142 Å². The summed E-state index contributed by atoms with van der Waals surface area (Å²) in [5.74, 6) is -0.588. The van der Waals surface area contributed by atoms with Crippen molar-refractivity contribution in [1.29, 1.82) is 0 Å². The average Bonchev–Trinajstić information content (AvgIpc) is 3.04. The van der Waals surface area contributed by atoms with Crippen LogP contribution in [0.15, 0.2) is 0 Å². The minimum absolute atomic E-state index is 0.252. The number of nitrogens with one attached hydrogen (secondary N) is 1. The summed E-state index contributed by atoms with van der Waals surface area (Å²) < 4.78 is 11.1. The van der Waals surface area contributed by atoms with Crippen LogP contribution in [0, 0.1) is 0 Å². The molecule has 1 aliphatic heterocycles. The first-order valence-corrected chi connectivity index (χ1v) is 18.3. The van der Waals surface area contributed by atoms with Crippen molar-refractivity contribution in [2.45, 2.75) is 204 Å². The molecule has 8 atom stereocenters. The van der Waals surface area contributed by atoms with Crippen molar-refractivity contribution >= 4 is 5.91 Å². The van der Waals surface area contributed by atoms with Gasteiger partial charge in [0.1, 0.15) is 30.5 Å². The monoisotopic (exact) mass is 647 g/mol. The number of unbranched alkanes of at least 4 members (excludes halogenated alkanes) is 18. The van der Waals surface area contributed by atoms with E-state index in [0.29, 0.717) is 12.8 Å². The molecule has 0 radical (unpaired) electrons. The van der Waals surface area contributed by atoms with Gasteiger partial charge in [0.2, 0.25) is 5.91 Å². The Morgan fingerprint density at radius 1 is 0.667 bits per heavy atom. The van der Waals surface area contributed by atoms with E-state index in [1.54, 1.807) is 0 Å². The van der Waals surface area contributed by atoms with Crippen LogP contribution in [0.25, 0.3) is 0 Å². The van der Waals surface area contributed by atoms with Crippen molar-refractivity contribution in [1.82, 2.24) is 5.32 Å². The smallest absolute Gasteiger partial charge is 0.249 e. The lowest BCUT2D eigenvalue weighted by Crippen LogP contribution is -2.60. The Hall–Kier alpha value is -0.850. The largest absolute Gasteiger partial charge is 0.394 e. The van der Waals surface area contributed by atoms with Crippen LogP contribution in [0.5, 0.6) is 0 Å². The normalized spacial score (nSPS) is 24.0. The third-order valence-electron chi connectivity index (χ3n) is 9.07. The van der Waals surface area contributed by atoms with Crippen molar-refractivity contribution < 1.29 is 44.9 Å². The van der Waals surface area contributed by atoms with Crippen LogP contribution in [0.3, 0.4) is 0 Å². The average molecular weight is 648 g/mol. The van der Waals surface area contributed by atoms with Crippen molar-refractivity contribution in [2.75, 3.05) is 13.2 Å². The minimum atomic E-state index is -1.59. The lowest BCUT2D eigenvalue weighted by atomic mass is 9.99. The van der Waals surface area contributed by atoms with Gasteiger partial charge in [-0.25, -0.2) is 0 Å². The fourth-order valence-electron chi connectivity index (χ4n) is 5.93. The summed E-state index contributed by atoms with van der Waals surface area (Å²) in [6.45, 7) is 3.59. The van der Waals surface area contributed by atoms with Gasteiger partial charge >= 0.3 is 0 Å². The molecule has 268 valence electrons. The Labute approximate surface area is 273 Å². The van der Waals surface area contributed by atoms with Crippen molar-refractivity contribution in [3.63, 3.8) is 0 Å². The molecule has 7 N–H and O–H groups in total. The number of carbonyl (C=O) groups excluding carboxylic acids is 1. The van der Waals surface area contributed by atoms with E-state index in [1.165, 1.54) is 77.0 Å². The molecule has 0 spiro atoms. The maximum Gasteiger partial charge on any atom is 0.249 e. The number of aliphatic hydroxyl groups excluding tert-OH is 6. The fourth-order valence-corrected chi connectivity index (χ4v) is 5.93. The van der Waals surface area contributed by atoms with E-state index >= 15 is 0 Å². The van der Waals surface area contributed by atoms with Crippen molar-refractivity contribution in [3.8, 4) is 0 Å². The standard InChI is InChI=1S/C35H69NO9/c1-3-5-7-9-11-13-14-16-17-19-21-23-28(38)27(26-44-35-33(42)32(41)31(40)30(25-37)45-35)36-34(43)29(39)24-22-20-18-15-12-10-8-6-4-2/h27-33,35,37-42H,3-26H2,1-2H3,(H,36,43)/t27-,28-,29+,30+,31-,32-,33+,35-/m0/s1. The molecular formula is C35H69NO9. The number of carbonyl (C=O) groups is 1. The van der Waals surface area contributed by atoms with E-state index in [1.807, 2.05) is 0 Å². The van der Waals surface area contributed by atoms with Gasteiger partial charge in [-0.2, -0.15) is 0 Å². The van der Waals surface area contributed by atoms with Crippen LogP contribution in [0.1, 0.15) is 155 Å². The molecule has 10 nitrogen and oxygen atoms in total. The summed E-state index contributed by atoms with van der Waals surface area (Å²) in [4.78, 5) is 12.9. The molecule has 1 fully saturated rings. The number of rotatable bonds is 29. The number of ether oxygens (including phenoxy) is 2. The molecule has 0 unspecified atom stereocenters. The highest BCUT2D eigenvalue weighted by molar-refractivity contribution is 5.80. The van der Waals surface area contributed by atoms with Crippen LogP contribution in [0.4, 0.5) is 0 Å². The van der Waals surface area contributed by atoms with Gasteiger partial charge in [0.15, 0.2) is 6.29 Å². The van der Waals surface area contributed by atoms with E-state index in [-0.39, 0.29) is 6.61 Å². The summed E-state index contributed by atoms with van der Waals surface area (Å²) in [7, 11) is 0. The second kappa shape index (κ2) is 27.1. The van der Waals surface area contributed by atoms with Gasteiger partial charge in [0.05, 0.1) is 25.4 Å². The van der Waals surface area contributed by atoms with Crippen LogP contribution < -0.4 is 5.32 Å². The lowest BCUT2D eigenvalue weighted by Gasteiger charge is -2.40. The summed E-state index contributed by atoms with van der Waals surface area (Å²) in [5.41, 5.74) is 0. The zero-order valence-corrected chi connectivity index (χ0v) is 28.5. The third kappa shape index (κ3) is 18.9. The Balaban J connectivity index is 2.53. The maximum absolute atomic E-state index is 12.9. The lowest BCUT2D eigenvalue weighted by molar-refractivity contribution is -0.302. The topological polar surface area (TPSA) is 169 Å². The SMILES string of the molecule is CCCCCCCCCCCCC[C@H](O)[C@H](CO[C@H]1O[C@H](CO)[C@H](O)[C@H](O)[C@H]1O)NC(=O)[C@H](O)CCCCCCCCCCC. The first kappa shape index (κ1) is 42.2. The zero-order valence-electron chi connectivity index (χ0n) is 28.5. The van der Waals surface area contributed by atoms with Crippen LogP contribution in [0.2, 0.25) is 0 Å².